The van der Waals surface area contributed by atoms with Crippen LogP contribution < -0.4 is 11.3 Å². The minimum Gasteiger partial charge on any atom is -0.271 e. The van der Waals surface area contributed by atoms with Gasteiger partial charge in [-0.1, -0.05) is 38.1 Å². The molecule has 5 heteroatoms. The average Bonchev–Trinajstić information content (AvgIpc) is 2.46. The number of halogens is 3. The molecule has 2 nitrogen and oxygen atoms in total. The summed E-state index contributed by atoms with van der Waals surface area (Å²) in [7, 11) is 0. The predicted molar refractivity (Wildman–Crippen MR) is 76.0 cm³/mol. The van der Waals surface area contributed by atoms with E-state index < -0.39 is 23.5 Å². The number of nitrogens with one attached hydrogen (secondary N) is 1. The summed E-state index contributed by atoms with van der Waals surface area (Å²) in [5.41, 5.74) is 4.62. The van der Waals surface area contributed by atoms with E-state index in [0.717, 1.165) is 23.3 Å². The molecular weight excluding hydrogens is 277 g/mol. The predicted octanol–water partition coefficient (Wildman–Crippen LogP) is 3.78. The number of nitrogens with two attached hydrogens (primary N) is 1. The van der Waals surface area contributed by atoms with Gasteiger partial charge in [0.15, 0.2) is 17.5 Å². The summed E-state index contributed by atoms with van der Waals surface area (Å²) in [5.74, 6) is 1.92. The zero-order chi connectivity index (χ0) is 15.6. The second kappa shape index (κ2) is 6.28. The maximum absolute atomic E-state index is 13.3. The number of hydrogen-bond donors (Lipinski definition) is 2. The molecule has 0 bridgehead atoms. The van der Waals surface area contributed by atoms with Crippen LogP contribution in [0, 0.1) is 17.5 Å². The van der Waals surface area contributed by atoms with E-state index in [-0.39, 0.29) is 5.56 Å². The van der Waals surface area contributed by atoms with Crippen molar-refractivity contribution in [2.45, 2.75) is 25.8 Å². The summed E-state index contributed by atoms with van der Waals surface area (Å²) in [6.45, 7) is 4.14. The van der Waals surface area contributed by atoms with Gasteiger partial charge in [-0.3, -0.25) is 5.84 Å². The smallest absolute Gasteiger partial charge is 0.194 e. The highest BCUT2D eigenvalue weighted by Gasteiger charge is 2.18. The number of benzene rings is 2. The van der Waals surface area contributed by atoms with Gasteiger partial charge in [0.1, 0.15) is 0 Å². The molecule has 0 spiro atoms. The second-order valence-corrected chi connectivity index (χ2v) is 5.22. The summed E-state index contributed by atoms with van der Waals surface area (Å²) in [4.78, 5) is 0. The topological polar surface area (TPSA) is 38.0 Å². The average molecular weight is 294 g/mol. The van der Waals surface area contributed by atoms with Crippen LogP contribution in [0.5, 0.6) is 0 Å². The van der Waals surface area contributed by atoms with E-state index >= 15 is 0 Å². The third kappa shape index (κ3) is 3.25. The zero-order valence-electron chi connectivity index (χ0n) is 11.8. The summed E-state index contributed by atoms with van der Waals surface area (Å²) >= 11 is 0. The van der Waals surface area contributed by atoms with Crippen molar-refractivity contribution >= 4 is 0 Å². The zero-order valence-corrected chi connectivity index (χ0v) is 11.8. The van der Waals surface area contributed by atoms with Crippen LogP contribution in [-0.2, 0) is 0 Å². The third-order valence-corrected chi connectivity index (χ3v) is 3.44. The van der Waals surface area contributed by atoms with Crippen LogP contribution in [0.2, 0.25) is 0 Å². The van der Waals surface area contributed by atoms with E-state index in [4.69, 9.17) is 5.84 Å². The number of hydrazine groups is 1. The summed E-state index contributed by atoms with van der Waals surface area (Å²) < 4.78 is 39.7. The highest BCUT2D eigenvalue weighted by atomic mass is 19.2. The first-order chi connectivity index (χ1) is 9.93. The SMILES string of the molecule is CC(C)c1ccc(C(NN)c2cc(F)c(F)c(F)c2)cc1. The van der Waals surface area contributed by atoms with Gasteiger partial charge < -0.3 is 0 Å². The van der Waals surface area contributed by atoms with Gasteiger partial charge in [-0.05, 0) is 34.7 Å². The van der Waals surface area contributed by atoms with Crippen LogP contribution >= 0.6 is 0 Å². The van der Waals surface area contributed by atoms with Crippen molar-refractivity contribution in [3.63, 3.8) is 0 Å². The van der Waals surface area contributed by atoms with E-state index in [2.05, 4.69) is 19.3 Å². The van der Waals surface area contributed by atoms with Gasteiger partial charge >= 0.3 is 0 Å². The lowest BCUT2D eigenvalue weighted by Gasteiger charge is -2.18. The van der Waals surface area contributed by atoms with Crippen molar-refractivity contribution in [1.82, 2.24) is 5.43 Å². The van der Waals surface area contributed by atoms with Gasteiger partial charge in [0.25, 0.3) is 0 Å². The molecule has 1 atom stereocenters. The molecular formula is C16H17F3N2. The molecule has 0 aliphatic carbocycles. The first-order valence-electron chi connectivity index (χ1n) is 6.64. The third-order valence-electron chi connectivity index (χ3n) is 3.44. The molecule has 0 aromatic heterocycles. The summed E-state index contributed by atoms with van der Waals surface area (Å²) in [6.07, 6.45) is 0. The second-order valence-electron chi connectivity index (χ2n) is 5.22. The monoisotopic (exact) mass is 294 g/mol. The molecule has 2 rings (SSSR count). The van der Waals surface area contributed by atoms with Crippen molar-refractivity contribution in [3.05, 3.63) is 70.5 Å². The van der Waals surface area contributed by atoms with Crippen LogP contribution in [0.4, 0.5) is 13.2 Å². The van der Waals surface area contributed by atoms with E-state index in [0.29, 0.717) is 5.92 Å². The van der Waals surface area contributed by atoms with Crippen molar-refractivity contribution in [3.8, 4) is 0 Å². The Morgan fingerprint density at radius 2 is 1.33 bits per heavy atom. The Morgan fingerprint density at radius 3 is 1.76 bits per heavy atom. The van der Waals surface area contributed by atoms with Crippen molar-refractivity contribution in [1.29, 1.82) is 0 Å². The number of rotatable bonds is 4. The van der Waals surface area contributed by atoms with E-state index in [9.17, 15) is 13.2 Å². The minimum absolute atomic E-state index is 0.228. The Morgan fingerprint density at radius 1 is 0.857 bits per heavy atom. The van der Waals surface area contributed by atoms with Gasteiger partial charge in [-0.25, -0.2) is 18.6 Å². The first kappa shape index (κ1) is 15.5. The van der Waals surface area contributed by atoms with Crippen molar-refractivity contribution in [2.75, 3.05) is 0 Å². The largest absolute Gasteiger partial charge is 0.271 e. The quantitative estimate of drug-likeness (QED) is 0.511. The fourth-order valence-electron chi connectivity index (χ4n) is 2.20. The lowest BCUT2D eigenvalue weighted by atomic mass is 9.95. The molecule has 1 unspecified atom stereocenters. The first-order valence-corrected chi connectivity index (χ1v) is 6.64. The fraction of sp³-hybridized carbons (Fsp3) is 0.250. The van der Waals surface area contributed by atoms with Crippen LogP contribution in [0.3, 0.4) is 0 Å². The van der Waals surface area contributed by atoms with Crippen LogP contribution in [-0.4, -0.2) is 0 Å². The molecule has 0 saturated heterocycles. The molecule has 0 aliphatic rings. The molecule has 2 aromatic rings. The summed E-state index contributed by atoms with van der Waals surface area (Å²) in [5, 5.41) is 0. The molecule has 0 saturated carbocycles. The molecule has 2 aromatic carbocycles. The van der Waals surface area contributed by atoms with Gasteiger partial charge in [-0.15, -0.1) is 0 Å². The highest BCUT2D eigenvalue weighted by Crippen LogP contribution is 2.26. The van der Waals surface area contributed by atoms with Crippen LogP contribution in [0.15, 0.2) is 36.4 Å². The maximum Gasteiger partial charge on any atom is 0.194 e. The molecule has 112 valence electrons. The highest BCUT2D eigenvalue weighted by molar-refractivity contribution is 5.35. The molecule has 0 heterocycles. The number of hydrogen-bond acceptors (Lipinski definition) is 2. The molecule has 0 fully saturated rings. The van der Waals surface area contributed by atoms with Crippen LogP contribution in [0.1, 0.15) is 42.5 Å². The van der Waals surface area contributed by atoms with E-state index in [1.54, 1.807) is 0 Å². The van der Waals surface area contributed by atoms with Gasteiger partial charge in [0.2, 0.25) is 0 Å². The molecule has 0 amide bonds. The minimum atomic E-state index is -1.48. The van der Waals surface area contributed by atoms with Crippen molar-refractivity contribution in [2.24, 2.45) is 5.84 Å². The fourth-order valence-corrected chi connectivity index (χ4v) is 2.20. The van der Waals surface area contributed by atoms with E-state index in [1.807, 2.05) is 24.3 Å². The molecule has 0 radical (unpaired) electrons. The normalized spacial score (nSPS) is 12.7. The Bertz CT molecular complexity index is 601. The van der Waals surface area contributed by atoms with Gasteiger partial charge in [0.05, 0.1) is 6.04 Å². The Balaban J connectivity index is 2.39. The van der Waals surface area contributed by atoms with Gasteiger partial charge in [-0.2, -0.15) is 0 Å². The standard InChI is InChI=1S/C16H17F3N2/c1-9(2)10-3-5-11(6-4-10)16(21-20)12-7-13(17)15(19)14(18)8-12/h3-9,16,21H,20H2,1-2H3. The van der Waals surface area contributed by atoms with Crippen LogP contribution in [0.25, 0.3) is 0 Å². The lowest BCUT2D eigenvalue weighted by Crippen LogP contribution is -2.29. The molecule has 0 aliphatic heterocycles. The van der Waals surface area contributed by atoms with Crippen molar-refractivity contribution < 1.29 is 13.2 Å². The molecule has 3 N–H and O–H groups in total. The molecule has 21 heavy (non-hydrogen) atoms. The Hall–Kier alpha value is -1.85. The van der Waals surface area contributed by atoms with E-state index in [1.165, 1.54) is 0 Å². The summed E-state index contributed by atoms with van der Waals surface area (Å²) in [6, 6.07) is 8.80. The lowest BCUT2D eigenvalue weighted by molar-refractivity contribution is 0.442. The van der Waals surface area contributed by atoms with Gasteiger partial charge in [0, 0.05) is 0 Å². The Labute approximate surface area is 121 Å². The Kier molecular flexibility index (Phi) is 4.65. The maximum atomic E-state index is 13.3.